The first-order valence-corrected chi connectivity index (χ1v) is 10.7. The van der Waals surface area contributed by atoms with Crippen LogP contribution in [0.3, 0.4) is 0 Å². The summed E-state index contributed by atoms with van der Waals surface area (Å²) < 4.78 is 11.1. The molecule has 0 unspecified atom stereocenters. The van der Waals surface area contributed by atoms with E-state index in [1.807, 2.05) is 4.90 Å². The van der Waals surface area contributed by atoms with Crippen LogP contribution in [0.15, 0.2) is 51.5 Å². The van der Waals surface area contributed by atoms with E-state index in [4.69, 9.17) is 20.4 Å². The number of amides is 2. The lowest BCUT2D eigenvalue weighted by atomic mass is 9.95. The summed E-state index contributed by atoms with van der Waals surface area (Å²) in [5.74, 6) is 1.26. The van der Waals surface area contributed by atoms with E-state index in [1.54, 1.807) is 47.6 Å². The van der Waals surface area contributed by atoms with Gasteiger partial charge in [0.05, 0.1) is 12.2 Å². The van der Waals surface area contributed by atoms with Gasteiger partial charge in [0.15, 0.2) is 5.76 Å². The molecule has 3 aromatic rings. The topological polar surface area (TPSA) is 92.7 Å². The molecule has 2 aliphatic heterocycles. The highest BCUT2D eigenvalue weighted by molar-refractivity contribution is 6.30. The standard InChI is InChI=1S/C22H21ClN4O4/c23-16-3-5-17(6-4-16)27-13-15(12-19(27)28)22(29)26-9-7-14(8-10-26)20-24-25-21(31-20)18-2-1-11-30-18/h1-6,11,14-15H,7-10,12-13H2/t15-/m0/s1. The molecule has 4 heterocycles. The maximum absolute atomic E-state index is 13.0. The van der Waals surface area contributed by atoms with Crippen molar-refractivity contribution in [2.75, 3.05) is 24.5 Å². The van der Waals surface area contributed by atoms with Crippen LogP contribution in [0, 0.1) is 5.92 Å². The largest absolute Gasteiger partial charge is 0.459 e. The number of nitrogens with zero attached hydrogens (tertiary/aromatic N) is 4. The predicted molar refractivity (Wildman–Crippen MR) is 112 cm³/mol. The summed E-state index contributed by atoms with van der Waals surface area (Å²) in [6.07, 6.45) is 3.28. The van der Waals surface area contributed by atoms with Crippen LogP contribution in [-0.4, -0.2) is 46.5 Å². The lowest BCUT2D eigenvalue weighted by molar-refractivity contribution is -0.136. The van der Waals surface area contributed by atoms with Crippen LogP contribution in [0.5, 0.6) is 0 Å². The SMILES string of the molecule is O=C([C@H]1CC(=O)N(c2ccc(Cl)cc2)C1)N1CCC(c2nnc(-c3ccco3)o2)CC1. The number of likely N-dealkylation sites (tertiary alicyclic amines) is 1. The third-order valence-corrected chi connectivity index (χ3v) is 6.19. The summed E-state index contributed by atoms with van der Waals surface area (Å²) in [4.78, 5) is 29.0. The Balaban J connectivity index is 1.19. The van der Waals surface area contributed by atoms with Gasteiger partial charge in [0, 0.05) is 42.7 Å². The minimum absolute atomic E-state index is 0.0325. The maximum Gasteiger partial charge on any atom is 0.283 e. The van der Waals surface area contributed by atoms with E-state index < -0.39 is 0 Å². The number of hydrogen-bond acceptors (Lipinski definition) is 6. The highest BCUT2D eigenvalue weighted by Gasteiger charge is 2.38. The van der Waals surface area contributed by atoms with Gasteiger partial charge in [0.1, 0.15) is 0 Å². The Labute approximate surface area is 183 Å². The summed E-state index contributed by atoms with van der Waals surface area (Å²) in [6, 6.07) is 10.7. The molecule has 0 spiro atoms. The molecule has 1 atom stereocenters. The molecule has 160 valence electrons. The molecular formula is C22H21ClN4O4. The van der Waals surface area contributed by atoms with Gasteiger partial charge in [-0.25, -0.2) is 0 Å². The Morgan fingerprint density at radius 1 is 1.10 bits per heavy atom. The maximum atomic E-state index is 13.0. The molecule has 0 radical (unpaired) electrons. The quantitative estimate of drug-likeness (QED) is 0.613. The second kappa shape index (κ2) is 8.19. The molecule has 5 rings (SSSR count). The van der Waals surface area contributed by atoms with E-state index in [2.05, 4.69) is 10.2 Å². The summed E-state index contributed by atoms with van der Waals surface area (Å²) in [5, 5.41) is 8.84. The average Bonchev–Trinajstić information content (AvgIpc) is 3.55. The summed E-state index contributed by atoms with van der Waals surface area (Å²) >= 11 is 5.93. The molecule has 0 aliphatic carbocycles. The van der Waals surface area contributed by atoms with Gasteiger partial charge < -0.3 is 18.6 Å². The zero-order valence-corrected chi connectivity index (χ0v) is 17.5. The number of rotatable bonds is 4. The molecule has 0 bridgehead atoms. The first-order chi connectivity index (χ1) is 15.1. The number of hydrogen-bond donors (Lipinski definition) is 0. The lowest BCUT2D eigenvalue weighted by Crippen LogP contribution is -2.42. The van der Waals surface area contributed by atoms with E-state index in [9.17, 15) is 9.59 Å². The van der Waals surface area contributed by atoms with Crippen LogP contribution in [0.4, 0.5) is 5.69 Å². The molecule has 31 heavy (non-hydrogen) atoms. The van der Waals surface area contributed by atoms with Crippen molar-refractivity contribution in [2.24, 2.45) is 5.92 Å². The van der Waals surface area contributed by atoms with Gasteiger partial charge in [-0.05, 0) is 49.2 Å². The third-order valence-electron chi connectivity index (χ3n) is 5.94. The zero-order chi connectivity index (χ0) is 21.4. The van der Waals surface area contributed by atoms with Gasteiger partial charge in [0.25, 0.3) is 5.89 Å². The monoisotopic (exact) mass is 440 g/mol. The average molecular weight is 441 g/mol. The second-order valence-corrected chi connectivity index (χ2v) is 8.34. The Morgan fingerprint density at radius 2 is 1.87 bits per heavy atom. The number of piperidine rings is 1. The summed E-state index contributed by atoms with van der Waals surface area (Å²) in [6.45, 7) is 1.61. The zero-order valence-electron chi connectivity index (χ0n) is 16.7. The predicted octanol–water partition coefficient (Wildman–Crippen LogP) is 3.74. The van der Waals surface area contributed by atoms with Gasteiger partial charge in [-0.2, -0.15) is 0 Å². The van der Waals surface area contributed by atoms with Gasteiger partial charge in [0.2, 0.25) is 17.7 Å². The Bertz CT molecular complexity index is 1070. The van der Waals surface area contributed by atoms with Crippen LogP contribution in [0.2, 0.25) is 5.02 Å². The van der Waals surface area contributed by atoms with Crippen molar-refractivity contribution in [3.05, 3.63) is 53.6 Å². The molecule has 2 aliphatic rings. The molecular weight excluding hydrogens is 420 g/mol. The van der Waals surface area contributed by atoms with E-state index in [0.717, 1.165) is 18.5 Å². The fourth-order valence-electron chi connectivity index (χ4n) is 4.25. The first kappa shape index (κ1) is 19.8. The van der Waals surface area contributed by atoms with Gasteiger partial charge >= 0.3 is 0 Å². The van der Waals surface area contributed by atoms with Crippen molar-refractivity contribution in [3.63, 3.8) is 0 Å². The smallest absolute Gasteiger partial charge is 0.283 e. The minimum atomic E-state index is -0.325. The van der Waals surface area contributed by atoms with Gasteiger partial charge in [-0.15, -0.1) is 10.2 Å². The highest BCUT2D eigenvalue weighted by Crippen LogP contribution is 2.32. The molecule has 8 nitrogen and oxygen atoms in total. The van der Waals surface area contributed by atoms with Crippen molar-refractivity contribution >= 4 is 29.1 Å². The first-order valence-electron chi connectivity index (χ1n) is 10.3. The van der Waals surface area contributed by atoms with Crippen LogP contribution in [0.25, 0.3) is 11.7 Å². The Kier molecular flexibility index (Phi) is 5.23. The molecule has 0 N–H and O–H groups in total. The minimum Gasteiger partial charge on any atom is -0.459 e. The number of benzene rings is 1. The number of carbonyl (C=O) groups is 2. The van der Waals surface area contributed by atoms with Crippen molar-refractivity contribution in [3.8, 4) is 11.7 Å². The van der Waals surface area contributed by atoms with E-state index >= 15 is 0 Å². The van der Waals surface area contributed by atoms with Gasteiger partial charge in [-0.1, -0.05) is 11.6 Å². The molecule has 2 aromatic heterocycles. The second-order valence-electron chi connectivity index (χ2n) is 7.90. The number of furan rings is 1. The van der Waals surface area contributed by atoms with Crippen molar-refractivity contribution in [2.45, 2.75) is 25.2 Å². The molecule has 0 saturated carbocycles. The molecule has 9 heteroatoms. The number of aromatic nitrogens is 2. The molecule has 1 aromatic carbocycles. The third kappa shape index (κ3) is 3.95. The van der Waals surface area contributed by atoms with E-state index in [0.29, 0.717) is 42.2 Å². The van der Waals surface area contributed by atoms with Crippen LogP contribution < -0.4 is 4.90 Å². The van der Waals surface area contributed by atoms with Crippen LogP contribution >= 0.6 is 11.6 Å². The highest BCUT2D eigenvalue weighted by atomic mass is 35.5. The number of anilines is 1. The number of carbonyl (C=O) groups excluding carboxylic acids is 2. The van der Waals surface area contributed by atoms with E-state index in [1.165, 1.54) is 0 Å². The fraction of sp³-hybridized carbons (Fsp3) is 0.364. The summed E-state index contributed by atoms with van der Waals surface area (Å²) in [5.41, 5.74) is 0.771. The summed E-state index contributed by atoms with van der Waals surface area (Å²) in [7, 11) is 0. The Hall–Kier alpha value is -3.13. The lowest BCUT2D eigenvalue weighted by Gasteiger charge is -2.32. The number of halogens is 1. The van der Waals surface area contributed by atoms with Crippen LogP contribution in [0.1, 0.15) is 31.1 Å². The van der Waals surface area contributed by atoms with E-state index in [-0.39, 0.29) is 30.1 Å². The van der Waals surface area contributed by atoms with Crippen molar-refractivity contribution in [1.82, 2.24) is 15.1 Å². The molecule has 2 saturated heterocycles. The van der Waals surface area contributed by atoms with Gasteiger partial charge in [-0.3, -0.25) is 9.59 Å². The molecule has 2 amide bonds. The Morgan fingerprint density at radius 3 is 2.58 bits per heavy atom. The normalized spacial score (nSPS) is 19.9. The van der Waals surface area contributed by atoms with Crippen molar-refractivity contribution < 1.29 is 18.4 Å². The molecule has 2 fully saturated rings. The van der Waals surface area contributed by atoms with Crippen LogP contribution in [-0.2, 0) is 9.59 Å². The van der Waals surface area contributed by atoms with Crippen molar-refractivity contribution in [1.29, 1.82) is 0 Å². The fourth-order valence-corrected chi connectivity index (χ4v) is 4.37.